The van der Waals surface area contributed by atoms with Gasteiger partial charge in [0.1, 0.15) is 5.75 Å². The molecule has 2 rings (SSSR count). The third-order valence-electron chi connectivity index (χ3n) is 3.07. The van der Waals surface area contributed by atoms with E-state index in [0.717, 1.165) is 17.0 Å². The minimum atomic E-state index is -0.226. The highest BCUT2D eigenvalue weighted by atomic mass is 16.5. The van der Waals surface area contributed by atoms with Crippen molar-refractivity contribution in [2.45, 2.75) is 19.5 Å². The molecule has 5 nitrogen and oxygen atoms in total. The quantitative estimate of drug-likeness (QED) is 0.887. The number of nitrogens with zero attached hydrogens (tertiary/aromatic N) is 1. The monoisotopic (exact) mass is 285 g/mol. The van der Waals surface area contributed by atoms with Crippen LogP contribution in [0, 0.1) is 0 Å². The van der Waals surface area contributed by atoms with Crippen LogP contribution in [-0.2, 0) is 6.54 Å². The second-order valence-electron chi connectivity index (χ2n) is 4.65. The van der Waals surface area contributed by atoms with E-state index in [0.29, 0.717) is 6.54 Å². The fourth-order valence-corrected chi connectivity index (χ4v) is 1.92. The zero-order valence-corrected chi connectivity index (χ0v) is 12.2. The maximum absolute atomic E-state index is 11.9. The molecule has 2 aromatic rings. The van der Waals surface area contributed by atoms with Gasteiger partial charge in [-0.25, -0.2) is 4.79 Å². The molecular formula is C16H19N3O2. The molecule has 2 amide bonds. The van der Waals surface area contributed by atoms with Crippen LogP contribution in [0.2, 0.25) is 0 Å². The Morgan fingerprint density at radius 1 is 1.29 bits per heavy atom. The zero-order chi connectivity index (χ0) is 15.1. The van der Waals surface area contributed by atoms with Gasteiger partial charge < -0.3 is 15.4 Å². The average Bonchev–Trinajstić information content (AvgIpc) is 2.54. The lowest BCUT2D eigenvalue weighted by atomic mass is 10.2. The number of aromatic nitrogens is 1. The first-order valence-corrected chi connectivity index (χ1v) is 6.77. The van der Waals surface area contributed by atoms with Crippen LogP contribution in [0.15, 0.2) is 48.7 Å². The van der Waals surface area contributed by atoms with E-state index in [1.807, 2.05) is 49.4 Å². The van der Waals surface area contributed by atoms with E-state index in [1.165, 1.54) is 0 Å². The number of ether oxygens (including phenoxy) is 1. The van der Waals surface area contributed by atoms with Crippen molar-refractivity contribution in [3.05, 3.63) is 59.9 Å². The van der Waals surface area contributed by atoms with Gasteiger partial charge in [-0.3, -0.25) is 4.98 Å². The van der Waals surface area contributed by atoms with E-state index in [9.17, 15) is 4.79 Å². The van der Waals surface area contributed by atoms with Crippen LogP contribution in [0.25, 0.3) is 0 Å². The van der Waals surface area contributed by atoms with Crippen molar-refractivity contribution in [3.63, 3.8) is 0 Å². The SMILES string of the molecule is COc1cccc(CNC(=O)NC(C)c2ccccn2)c1. The minimum Gasteiger partial charge on any atom is -0.497 e. The lowest BCUT2D eigenvalue weighted by Gasteiger charge is -2.14. The maximum atomic E-state index is 11.9. The predicted octanol–water partition coefficient (Wildman–Crippen LogP) is 2.65. The van der Waals surface area contributed by atoms with Crippen molar-refractivity contribution in [2.75, 3.05) is 7.11 Å². The summed E-state index contributed by atoms with van der Waals surface area (Å²) in [5, 5.41) is 5.67. The molecule has 5 heteroatoms. The largest absolute Gasteiger partial charge is 0.497 e. The van der Waals surface area contributed by atoms with Gasteiger partial charge in [0.25, 0.3) is 0 Å². The Labute approximate surface area is 124 Å². The minimum absolute atomic E-state index is 0.142. The van der Waals surface area contributed by atoms with Crippen LogP contribution in [-0.4, -0.2) is 18.1 Å². The number of hydrogen-bond donors (Lipinski definition) is 2. The van der Waals surface area contributed by atoms with Crippen LogP contribution in [0.4, 0.5) is 4.79 Å². The fraction of sp³-hybridized carbons (Fsp3) is 0.250. The molecule has 0 spiro atoms. The standard InChI is InChI=1S/C16H19N3O2/c1-12(15-8-3-4-9-17-15)19-16(20)18-11-13-6-5-7-14(10-13)21-2/h3-10,12H,11H2,1-2H3,(H2,18,19,20). The van der Waals surface area contributed by atoms with Gasteiger partial charge in [-0.05, 0) is 36.8 Å². The first-order chi connectivity index (χ1) is 10.2. The number of amides is 2. The van der Waals surface area contributed by atoms with E-state index in [1.54, 1.807) is 13.3 Å². The Morgan fingerprint density at radius 2 is 2.14 bits per heavy atom. The normalized spacial score (nSPS) is 11.5. The summed E-state index contributed by atoms with van der Waals surface area (Å²) in [6.07, 6.45) is 1.71. The third kappa shape index (κ3) is 4.49. The summed E-state index contributed by atoms with van der Waals surface area (Å²) in [5.41, 5.74) is 1.81. The molecule has 2 N–H and O–H groups in total. The van der Waals surface area contributed by atoms with Gasteiger partial charge in [0.05, 0.1) is 18.8 Å². The maximum Gasteiger partial charge on any atom is 0.315 e. The van der Waals surface area contributed by atoms with Gasteiger partial charge >= 0.3 is 6.03 Å². The first kappa shape index (κ1) is 14.8. The molecule has 0 aliphatic carbocycles. The van der Waals surface area contributed by atoms with E-state index >= 15 is 0 Å². The zero-order valence-electron chi connectivity index (χ0n) is 12.2. The highest BCUT2D eigenvalue weighted by Crippen LogP contribution is 2.12. The van der Waals surface area contributed by atoms with Crippen LogP contribution in [0.3, 0.4) is 0 Å². The smallest absolute Gasteiger partial charge is 0.315 e. The van der Waals surface area contributed by atoms with Gasteiger partial charge in [-0.1, -0.05) is 18.2 Å². The lowest BCUT2D eigenvalue weighted by molar-refractivity contribution is 0.237. The Bertz CT molecular complexity index is 587. The Morgan fingerprint density at radius 3 is 2.86 bits per heavy atom. The second kappa shape index (κ2) is 7.28. The van der Waals surface area contributed by atoms with E-state index in [-0.39, 0.29) is 12.1 Å². The summed E-state index contributed by atoms with van der Waals surface area (Å²) < 4.78 is 5.15. The summed E-state index contributed by atoms with van der Waals surface area (Å²) >= 11 is 0. The van der Waals surface area contributed by atoms with Crippen LogP contribution < -0.4 is 15.4 Å². The highest BCUT2D eigenvalue weighted by Gasteiger charge is 2.09. The number of methoxy groups -OCH3 is 1. The number of rotatable bonds is 5. The Hall–Kier alpha value is -2.56. The van der Waals surface area contributed by atoms with Gasteiger partial charge in [-0.2, -0.15) is 0 Å². The molecule has 0 radical (unpaired) electrons. The fourth-order valence-electron chi connectivity index (χ4n) is 1.92. The number of carbonyl (C=O) groups excluding carboxylic acids is 1. The molecular weight excluding hydrogens is 266 g/mol. The van der Waals surface area contributed by atoms with Crippen molar-refractivity contribution < 1.29 is 9.53 Å². The van der Waals surface area contributed by atoms with E-state index < -0.39 is 0 Å². The Kier molecular flexibility index (Phi) is 5.15. The molecule has 0 bridgehead atoms. The molecule has 0 saturated heterocycles. The van der Waals surface area contributed by atoms with Crippen LogP contribution >= 0.6 is 0 Å². The van der Waals surface area contributed by atoms with Crippen LogP contribution in [0.5, 0.6) is 5.75 Å². The van der Waals surface area contributed by atoms with E-state index in [2.05, 4.69) is 15.6 Å². The molecule has 1 atom stereocenters. The van der Waals surface area contributed by atoms with Gasteiger partial charge in [0, 0.05) is 12.7 Å². The molecule has 0 saturated carbocycles. The molecule has 1 aromatic heterocycles. The highest BCUT2D eigenvalue weighted by molar-refractivity contribution is 5.74. The van der Waals surface area contributed by atoms with Gasteiger partial charge in [0.2, 0.25) is 0 Å². The molecule has 0 fully saturated rings. The number of pyridine rings is 1. The number of nitrogens with one attached hydrogen (secondary N) is 2. The molecule has 110 valence electrons. The topological polar surface area (TPSA) is 63.2 Å². The predicted molar refractivity (Wildman–Crippen MR) is 81.0 cm³/mol. The molecule has 0 aliphatic heterocycles. The first-order valence-electron chi connectivity index (χ1n) is 6.77. The number of hydrogen-bond acceptors (Lipinski definition) is 3. The van der Waals surface area contributed by atoms with Gasteiger partial charge in [0.15, 0.2) is 0 Å². The summed E-state index contributed by atoms with van der Waals surface area (Å²) in [5.74, 6) is 0.775. The molecule has 0 aliphatic rings. The lowest BCUT2D eigenvalue weighted by Crippen LogP contribution is -2.36. The van der Waals surface area contributed by atoms with Crippen LogP contribution in [0.1, 0.15) is 24.2 Å². The Balaban J connectivity index is 1.84. The molecule has 21 heavy (non-hydrogen) atoms. The summed E-state index contributed by atoms with van der Waals surface area (Å²) in [6.45, 7) is 2.34. The summed E-state index contributed by atoms with van der Waals surface area (Å²) in [4.78, 5) is 16.1. The average molecular weight is 285 g/mol. The van der Waals surface area contributed by atoms with Crippen molar-refractivity contribution in [1.29, 1.82) is 0 Å². The van der Waals surface area contributed by atoms with Crippen molar-refractivity contribution in [1.82, 2.24) is 15.6 Å². The third-order valence-corrected chi connectivity index (χ3v) is 3.07. The van der Waals surface area contributed by atoms with Crippen molar-refractivity contribution in [2.24, 2.45) is 0 Å². The second-order valence-corrected chi connectivity index (χ2v) is 4.65. The van der Waals surface area contributed by atoms with Gasteiger partial charge in [-0.15, -0.1) is 0 Å². The van der Waals surface area contributed by atoms with Crippen molar-refractivity contribution >= 4 is 6.03 Å². The summed E-state index contributed by atoms with van der Waals surface area (Å²) in [7, 11) is 1.62. The van der Waals surface area contributed by atoms with Crippen molar-refractivity contribution in [3.8, 4) is 5.75 Å². The summed E-state index contributed by atoms with van der Waals surface area (Å²) in [6, 6.07) is 12.8. The molecule has 1 unspecified atom stereocenters. The molecule has 1 heterocycles. The van der Waals surface area contributed by atoms with E-state index in [4.69, 9.17) is 4.74 Å². The molecule has 1 aromatic carbocycles. The number of benzene rings is 1. The number of urea groups is 1. The number of carbonyl (C=O) groups is 1.